The molecular formula is C10H16O. The average molecular weight is 152 g/mol. The minimum Gasteiger partial charge on any atom is -0.356 e. The first-order valence-corrected chi connectivity index (χ1v) is 4.52. The van der Waals surface area contributed by atoms with E-state index in [4.69, 9.17) is 4.74 Å². The van der Waals surface area contributed by atoms with E-state index in [0.29, 0.717) is 6.10 Å². The molecule has 1 fully saturated rings. The van der Waals surface area contributed by atoms with Gasteiger partial charge in [-0.15, -0.1) is 5.92 Å². The summed E-state index contributed by atoms with van der Waals surface area (Å²) in [4.78, 5) is 0. The van der Waals surface area contributed by atoms with E-state index >= 15 is 0 Å². The van der Waals surface area contributed by atoms with Crippen molar-refractivity contribution in [3.8, 4) is 11.8 Å². The second-order valence-corrected chi connectivity index (χ2v) is 2.93. The average Bonchev–Trinajstić information content (AvgIpc) is 2.77. The molecule has 0 bridgehead atoms. The van der Waals surface area contributed by atoms with Crippen molar-refractivity contribution in [1.29, 1.82) is 0 Å². The maximum atomic E-state index is 5.27. The summed E-state index contributed by atoms with van der Waals surface area (Å²) in [7, 11) is 0. The van der Waals surface area contributed by atoms with Gasteiger partial charge in [0.1, 0.15) is 6.10 Å². The molecule has 62 valence electrons. The molecule has 1 saturated heterocycles. The minimum atomic E-state index is 0.275. The number of unbranched alkanes of at least 4 members (excludes halogenated alkanes) is 2. The zero-order valence-corrected chi connectivity index (χ0v) is 7.39. The lowest BCUT2D eigenvalue weighted by Gasteiger charge is -1.82. The molecule has 1 aliphatic heterocycles. The van der Waals surface area contributed by atoms with Crippen LogP contribution in [0, 0.1) is 11.8 Å². The highest BCUT2D eigenvalue weighted by Gasteiger charge is 2.34. The molecule has 0 saturated carbocycles. The van der Waals surface area contributed by atoms with Crippen LogP contribution in [0.3, 0.4) is 0 Å². The van der Waals surface area contributed by atoms with Gasteiger partial charge in [-0.05, 0) is 12.8 Å². The van der Waals surface area contributed by atoms with Crippen molar-refractivity contribution in [3.63, 3.8) is 0 Å². The fraction of sp³-hybridized carbons (Fsp3) is 0.800. The summed E-state index contributed by atoms with van der Waals surface area (Å²) >= 11 is 0. The lowest BCUT2D eigenvalue weighted by Crippen LogP contribution is -1.86. The maximum Gasteiger partial charge on any atom is 0.144 e. The summed E-state index contributed by atoms with van der Waals surface area (Å²) in [6.45, 7) is 4.32. The molecule has 0 aromatic rings. The molecule has 1 rings (SSSR count). The molecule has 0 aliphatic carbocycles. The standard InChI is InChI=1S/C10H16O/c1-3-5-6-7-8-10-9(4-2)11-10/h9-10H,3-6H2,1-2H3. The predicted molar refractivity (Wildman–Crippen MR) is 46.3 cm³/mol. The summed E-state index contributed by atoms with van der Waals surface area (Å²) in [6, 6.07) is 0. The Morgan fingerprint density at radius 3 is 2.73 bits per heavy atom. The lowest BCUT2D eigenvalue weighted by atomic mass is 10.2. The van der Waals surface area contributed by atoms with Crippen LogP contribution in [0.5, 0.6) is 0 Å². The Bertz CT molecular complexity index is 163. The zero-order chi connectivity index (χ0) is 8.10. The topological polar surface area (TPSA) is 12.5 Å². The first-order valence-electron chi connectivity index (χ1n) is 4.52. The summed E-state index contributed by atoms with van der Waals surface area (Å²) in [6.07, 6.45) is 5.31. The van der Waals surface area contributed by atoms with Gasteiger partial charge in [-0.2, -0.15) is 0 Å². The molecule has 1 aliphatic rings. The number of hydrogen-bond donors (Lipinski definition) is 0. The molecular weight excluding hydrogens is 136 g/mol. The van der Waals surface area contributed by atoms with Gasteiger partial charge < -0.3 is 4.74 Å². The third-order valence-electron chi connectivity index (χ3n) is 1.88. The second kappa shape index (κ2) is 4.41. The third kappa shape index (κ3) is 2.95. The van der Waals surface area contributed by atoms with Gasteiger partial charge in [0.25, 0.3) is 0 Å². The van der Waals surface area contributed by atoms with Crippen molar-refractivity contribution in [2.24, 2.45) is 0 Å². The summed E-state index contributed by atoms with van der Waals surface area (Å²) in [5.74, 6) is 6.26. The summed E-state index contributed by atoms with van der Waals surface area (Å²) < 4.78 is 5.27. The summed E-state index contributed by atoms with van der Waals surface area (Å²) in [5, 5.41) is 0. The van der Waals surface area contributed by atoms with Gasteiger partial charge in [-0.3, -0.25) is 0 Å². The van der Waals surface area contributed by atoms with Gasteiger partial charge in [0.05, 0.1) is 6.10 Å². The molecule has 1 heterocycles. The highest BCUT2D eigenvalue weighted by Crippen LogP contribution is 2.23. The quantitative estimate of drug-likeness (QED) is 0.343. The highest BCUT2D eigenvalue weighted by molar-refractivity contribution is 5.13. The van der Waals surface area contributed by atoms with Gasteiger partial charge in [0.2, 0.25) is 0 Å². The van der Waals surface area contributed by atoms with E-state index in [2.05, 4.69) is 25.7 Å². The van der Waals surface area contributed by atoms with Gasteiger partial charge >= 0.3 is 0 Å². The smallest absolute Gasteiger partial charge is 0.144 e. The van der Waals surface area contributed by atoms with Gasteiger partial charge in [0.15, 0.2) is 0 Å². The molecule has 11 heavy (non-hydrogen) atoms. The molecule has 0 radical (unpaired) electrons. The third-order valence-corrected chi connectivity index (χ3v) is 1.88. The highest BCUT2D eigenvalue weighted by atomic mass is 16.6. The second-order valence-electron chi connectivity index (χ2n) is 2.93. The normalized spacial score (nSPS) is 27.5. The monoisotopic (exact) mass is 152 g/mol. The van der Waals surface area contributed by atoms with Crippen LogP contribution in [0.25, 0.3) is 0 Å². The Balaban J connectivity index is 2.05. The molecule has 0 aromatic heterocycles. The van der Waals surface area contributed by atoms with Crippen molar-refractivity contribution >= 4 is 0 Å². The molecule has 0 amide bonds. The van der Waals surface area contributed by atoms with E-state index < -0.39 is 0 Å². The van der Waals surface area contributed by atoms with E-state index in [-0.39, 0.29) is 6.10 Å². The molecule has 1 heteroatoms. The zero-order valence-electron chi connectivity index (χ0n) is 7.39. The van der Waals surface area contributed by atoms with Crippen LogP contribution in [0.15, 0.2) is 0 Å². The minimum absolute atomic E-state index is 0.275. The Morgan fingerprint density at radius 2 is 2.18 bits per heavy atom. The van der Waals surface area contributed by atoms with E-state index in [1.54, 1.807) is 0 Å². The van der Waals surface area contributed by atoms with Crippen LogP contribution < -0.4 is 0 Å². The van der Waals surface area contributed by atoms with Crippen LogP contribution in [-0.2, 0) is 4.74 Å². The number of epoxide rings is 1. The Morgan fingerprint density at radius 1 is 1.36 bits per heavy atom. The van der Waals surface area contributed by atoms with Crippen molar-refractivity contribution in [1.82, 2.24) is 0 Å². The lowest BCUT2D eigenvalue weighted by molar-refractivity contribution is 0.387. The van der Waals surface area contributed by atoms with Crippen molar-refractivity contribution < 1.29 is 4.74 Å². The van der Waals surface area contributed by atoms with Crippen LogP contribution in [0.1, 0.15) is 39.5 Å². The van der Waals surface area contributed by atoms with Crippen LogP contribution >= 0.6 is 0 Å². The van der Waals surface area contributed by atoms with E-state index in [0.717, 1.165) is 12.8 Å². The fourth-order valence-corrected chi connectivity index (χ4v) is 1.02. The molecule has 0 N–H and O–H groups in total. The maximum absolute atomic E-state index is 5.27. The van der Waals surface area contributed by atoms with Gasteiger partial charge in [0, 0.05) is 6.42 Å². The Hall–Kier alpha value is -0.480. The number of ether oxygens (including phenoxy) is 1. The fourth-order valence-electron chi connectivity index (χ4n) is 1.02. The van der Waals surface area contributed by atoms with Gasteiger partial charge in [-0.25, -0.2) is 0 Å². The van der Waals surface area contributed by atoms with E-state index in [1.807, 2.05) is 0 Å². The molecule has 0 spiro atoms. The van der Waals surface area contributed by atoms with E-state index in [1.165, 1.54) is 12.8 Å². The molecule has 0 aromatic carbocycles. The molecule has 2 atom stereocenters. The van der Waals surface area contributed by atoms with Gasteiger partial charge in [-0.1, -0.05) is 26.2 Å². The summed E-state index contributed by atoms with van der Waals surface area (Å²) in [5.41, 5.74) is 0. The van der Waals surface area contributed by atoms with E-state index in [9.17, 15) is 0 Å². The van der Waals surface area contributed by atoms with Crippen LogP contribution in [-0.4, -0.2) is 12.2 Å². The first kappa shape index (κ1) is 8.62. The number of hydrogen-bond acceptors (Lipinski definition) is 1. The van der Waals surface area contributed by atoms with Crippen molar-refractivity contribution in [2.75, 3.05) is 0 Å². The number of rotatable bonds is 3. The Kier molecular flexibility index (Phi) is 3.45. The van der Waals surface area contributed by atoms with Crippen LogP contribution in [0.4, 0.5) is 0 Å². The largest absolute Gasteiger partial charge is 0.356 e. The predicted octanol–water partition coefficient (Wildman–Crippen LogP) is 2.36. The molecule has 1 nitrogen and oxygen atoms in total. The van der Waals surface area contributed by atoms with Crippen molar-refractivity contribution in [3.05, 3.63) is 0 Å². The van der Waals surface area contributed by atoms with Crippen LogP contribution in [0.2, 0.25) is 0 Å². The first-order chi connectivity index (χ1) is 5.38. The SMILES string of the molecule is CCCCC#CC1OC1CC. The molecule has 2 unspecified atom stereocenters. The van der Waals surface area contributed by atoms with Crippen molar-refractivity contribution in [2.45, 2.75) is 51.7 Å². The Labute approximate surface area is 69.1 Å².